The van der Waals surface area contributed by atoms with E-state index in [4.69, 9.17) is 9.47 Å². The van der Waals surface area contributed by atoms with E-state index in [1.165, 1.54) is 28.9 Å². The van der Waals surface area contributed by atoms with Crippen LogP contribution in [0.1, 0.15) is 40.4 Å². The molecular weight excluding hydrogens is 350 g/mol. The molecule has 0 unspecified atom stereocenters. The van der Waals surface area contributed by atoms with Crippen molar-refractivity contribution in [3.63, 3.8) is 0 Å². The zero-order valence-corrected chi connectivity index (χ0v) is 16.0. The number of esters is 1. The second kappa shape index (κ2) is 7.91. The summed E-state index contributed by atoms with van der Waals surface area (Å²) in [5.41, 5.74) is 1.79. The van der Waals surface area contributed by atoms with E-state index in [0.717, 1.165) is 19.3 Å². The molecule has 0 radical (unpaired) electrons. The molecule has 1 amide bonds. The maximum atomic E-state index is 12.4. The van der Waals surface area contributed by atoms with Crippen molar-refractivity contribution in [3.8, 4) is 5.75 Å². The highest BCUT2D eigenvalue weighted by molar-refractivity contribution is 7.14. The number of amides is 1. The highest BCUT2D eigenvalue weighted by Gasteiger charge is 2.24. The van der Waals surface area contributed by atoms with Crippen molar-refractivity contribution < 1.29 is 19.1 Å². The first kappa shape index (κ1) is 18.5. The summed E-state index contributed by atoms with van der Waals surface area (Å²) in [6, 6.07) is 9.02. The zero-order valence-electron chi connectivity index (χ0n) is 15.2. The smallest absolute Gasteiger partial charge is 0.349 e. The Morgan fingerprint density at radius 1 is 1.31 bits per heavy atom. The molecule has 1 aliphatic rings. The molecule has 2 aromatic rings. The largest absolute Gasteiger partial charge is 0.495 e. The third kappa shape index (κ3) is 4.07. The lowest BCUT2D eigenvalue weighted by molar-refractivity contribution is -0.123. The van der Waals surface area contributed by atoms with Crippen LogP contribution in [0.25, 0.3) is 0 Å². The van der Waals surface area contributed by atoms with Gasteiger partial charge in [0.1, 0.15) is 10.6 Å². The van der Waals surface area contributed by atoms with Crippen molar-refractivity contribution in [2.45, 2.75) is 39.2 Å². The average Bonchev–Trinajstić information content (AvgIpc) is 3.05. The molecule has 1 heterocycles. The van der Waals surface area contributed by atoms with Gasteiger partial charge in [0.25, 0.3) is 5.91 Å². The van der Waals surface area contributed by atoms with Gasteiger partial charge in [-0.1, -0.05) is 19.1 Å². The molecule has 5 nitrogen and oxygen atoms in total. The first-order chi connectivity index (χ1) is 12.5. The number of benzene rings is 1. The number of hydrogen-bond acceptors (Lipinski definition) is 5. The van der Waals surface area contributed by atoms with Crippen molar-refractivity contribution in [1.29, 1.82) is 0 Å². The lowest BCUT2D eigenvalue weighted by Gasteiger charge is -2.16. The molecule has 0 fully saturated rings. The molecule has 0 spiro atoms. The molecule has 1 aliphatic carbocycles. The number of thiophene rings is 1. The Balaban J connectivity index is 1.63. The quantitative estimate of drug-likeness (QED) is 0.803. The summed E-state index contributed by atoms with van der Waals surface area (Å²) in [4.78, 5) is 26.6. The van der Waals surface area contributed by atoms with Gasteiger partial charge in [-0.05, 0) is 55.9 Å². The molecule has 1 aromatic carbocycles. The first-order valence-corrected chi connectivity index (χ1v) is 9.56. The van der Waals surface area contributed by atoms with Crippen LogP contribution in [0.4, 0.5) is 5.69 Å². The zero-order chi connectivity index (χ0) is 18.7. The summed E-state index contributed by atoms with van der Waals surface area (Å²) >= 11 is 1.48. The summed E-state index contributed by atoms with van der Waals surface area (Å²) in [5, 5.41) is 2.74. The van der Waals surface area contributed by atoms with Crippen molar-refractivity contribution in [2.75, 3.05) is 12.4 Å². The summed E-state index contributed by atoms with van der Waals surface area (Å²) in [6.45, 7) is 3.79. The van der Waals surface area contributed by atoms with Crippen molar-refractivity contribution >= 4 is 28.9 Å². The molecule has 0 saturated heterocycles. The van der Waals surface area contributed by atoms with Crippen LogP contribution in [0.5, 0.6) is 5.75 Å². The Morgan fingerprint density at radius 2 is 2.08 bits per heavy atom. The predicted molar refractivity (Wildman–Crippen MR) is 102 cm³/mol. The molecule has 138 valence electrons. The Bertz CT molecular complexity index is 814. The Morgan fingerprint density at radius 3 is 2.85 bits per heavy atom. The van der Waals surface area contributed by atoms with Crippen LogP contribution >= 0.6 is 11.3 Å². The third-order valence-corrected chi connectivity index (χ3v) is 5.77. The van der Waals surface area contributed by atoms with Crippen LogP contribution in [-0.4, -0.2) is 25.1 Å². The van der Waals surface area contributed by atoms with Crippen LogP contribution < -0.4 is 10.1 Å². The SMILES string of the molecule is COc1ccccc1NC(=O)[C@@H](C)OC(=O)c1cc2c(s1)CC[C@H](C)C2. The molecule has 2 atom stereocenters. The normalized spacial score (nSPS) is 17.1. The number of aryl methyl sites for hydroxylation is 1. The molecule has 0 bridgehead atoms. The molecular formula is C20H23NO4S. The fourth-order valence-electron chi connectivity index (χ4n) is 3.06. The molecule has 3 rings (SSSR count). The fourth-order valence-corrected chi connectivity index (χ4v) is 4.15. The van der Waals surface area contributed by atoms with Gasteiger partial charge in [0.2, 0.25) is 0 Å². The second-order valence-corrected chi connectivity index (χ2v) is 7.78. The Labute approximate surface area is 157 Å². The summed E-state index contributed by atoms with van der Waals surface area (Å²) in [6.07, 6.45) is 2.27. The maximum Gasteiger partial charge on any atom is 0.349 e. The predicted octanol–water partition coefficient (Wildman–Crippen LogP) is 4.07. The van der Waals surface area contributed by atoms with E-state index in [9.17, 15) is 9.59 Å². The van der Waals surface area contributed by atoms with Gasteiger partial charge in [0.05, 0.1) is 12.8 Å². The molecule has 6 heteroatoms. The average molecular weight is 373 g/mol. The maximum absolute atomic E-state index is 12.4. The van der Waals surface area contributed by atoms with Gasteiger partial charge in [-0.3, -0.25) is 4.79 Å². The van der Waals surface area contributed by atoms with Crippen molar-refractivity contribution in [2.24, 2.45) is 5.92 Å². The van der Waals surface area contributed by atoms with E-state index in [1.54, 1.807) is 25.1 Å². The van der Waals surface area contributed by atoms with Crippen LogP contribution in [0, 0.1) is 5.92 Å². The van der Waals surface area contributed by atoms with Crippen LogP contribution in [0.15, 0.2) is 30.3 Å². The minimum Gasteiger partial charge on any atom is -0.495 e. The highest BCUT2D eigenvalue weighted by atomic mass is 32.1. The van der Waals surface area contributed by atoms with Crippen molar-refractivity contribution in [1.82, 2.24) is 0 Å². The summed E-state index contributed by atoms with van der Waals surface area (Å²) in [7, 11) is 1.54. The van der Waals surface area contributed by atoms with Gasteiger partial charge in [-0.15, -0.1) is 11.3 Å². The van der Waals surface area contributed by atoms with E-state index in [2.05, 4.69) is 12.2 Å². The number of carbonyl (C=O) groups is 2. The van der Waals surface area contributed by atoms with Gasteiger partial charge in [0.15, 0.2) is 6.10 Å². The number of fused-ring (bicyclic) bond motifs is 1. The van der Waals surface area contributed by atoms with Gasteiger partial charge < -0.3 is 14.8 Å². The number of methoxy groups -OCH3 is 1. The van der Waals surface area contributed by atoms with Gasteiger partial charge in [-0.25, -0.2) is 4.79 Å². The van der Waals surface area contributed by atoms with Gasteiger partial charge in [0, 0.05) is 4.88 Å². The fraction of sp³-hybridized carbons (Fsp3) is 0.400. The number of carbonyl (C=O) groups excluding carboxylic acids is 2. The minimum absolute atomic E-state index is 0.391. The van der Waals surface area contributed by atoms with Crippen LogP contribution in [0.3, 0.4) is 0 Å². The van der Waals surface area contributed by atoms with Crippen LogP contribution in [0.2, 0.25) is 0 Å². The number of nitrogens with one attached hydrogen (secondary N) is 1. The summed E-state index contributed by atoms with van der Waals surface area (Å²) in [5.74, 6) is 0.364. The lowest BCUT2D eigenvalue weighted by Crippen LogP contribution is -2.29. The van der Waals surface area contributed by atoms with E-state index in [-0.39, 0.29) is 0 Å². The minimum atomic E-state index is -0.898. The van der Waals surface area contributed by atoms with E-state index in [1.807, 2.05) is 12.1 Å². The molecule has 0 saturated carbocycles. The molecule has 0 aliphatic heterocycles. The molecule has 1 aromatic heterocycles. The second-order valence-electron chi connectivity index (χ2n) is 6.64. The first-order valence-electron chi connectivity index (χ1n) is 8.74. The number of rotatable bonds is 5. The van der Waals surface area contributed by atoms with Gasteiger partial charge >= 0.3 is 5.97 Å². The number of ether oxygens (including phenoxy) is 2. The third-order valence-electron chi connectivity index (χ3n) is 4.55. The van der Waals surface area contributed by atoms with E-state index in [0.29, 0.717) is 22.2 Å². The highest BCUT2D eigenvalue weighted by Crippen LogP contribution is 2.32. The summed E-state index contributed by atoms with van der Waals surface area (Å²) < 4.78 is 10.6. The van der Waals surface area contributed by atoms with Crippen molar-refractivity contribution in [3.05, 3.63) is 45.6 Å². The standard InChI is InChI=1S/C20H23NO4S/c1-12-8-9-17-14(10-12)11-18(26-17)20(23)25-13(2)19(22)21-15-6-4-5-7-16(15)24-3/h4-7,11-13H,8-10H2,1-3H3,(H,21,22)/t12-,13+/m0/s1. The number of hydrogen-bond donors (Lipinski definition) is 1. The monoisotopic (exact) mass is 373 g/mol. The lowest BCUT2D eigenvalue weighted by atomic mass is 9.90. The number of para-hydroxylation sites is 2. The number of anilines is 1. The molecule has 26 heavy (non-hydrogen) atoms. The van der Waals surface area contributed by atoms with Gasteiger partial charge in [-0.2, -0.15) is 0 Å². The topological polar surface area (TPSA) is 64.6 Å². The molecule has 1 N–H and O–H groups in total. The van der Waals surface area contributed by atoms with E-state index >= 15 is 0 Å². The van der Waals surface area contributed by atoms with E-state index < -0.39 is 18.0 Å². The Hall–Kier alpha value is -2.34. The Kier molecular flexibility index (Phi) is 5.61. The van der Waals surface area contributed by atoms with Crippen LogP contribution in [-0.2, 0) is 22.4 Å².